The Balaban J connectivity index is 2.90. The first-order valence-electron chi connectivity index (χ1n) is 3.19. The maximum absolute atomic E-state index is 4.94. The predicted molar refractivity (Wildman–Crippen MR) is 37.0 cm³/mol. The Hall–Kier alpha value is -1.06. The van der Waals surface area contributed by atoms with Crippen LogP contribution in [-0.4, -0.2) is 21.9 Å². The summed E-state index contributed by atoms with van der Waals surface area (Å²) in [5.41, 5.74) is 0. The Bertz CT molecular complexity index is 207. The quantitative estimate of drug-likeness (QED) is 0.613. The van der Waals surface area contributed by atoms with Crippen LogP contribution in [0.4, 0.5) is 0 Å². The van der Waals surface area contributed by atoms with Crippen LogP contribution >= 0.6 is 0 Å². The van der Waals surface area contributed by atoms with E-state index in [1.807, 2.05) is 18.4 Å². The van der Waals surface area contributed by atoms with E-state index in [9.17, 15) is 0 Å². The highest BCUT2D eigenvalue weighted by Gasteiger charge is 2.04. The van der Waals surface area contributed by atoms with Crippen LogP contribution < -0.4 is 4.74 Å². The monoisotopic (exact) mass is 141 g/mol. The summed E-state index contributed by atoms with van der Waals surface area (Å²) < 4.78 is 6.80. The van der Waals surface area contributed by atoms with Crippen molar-refractivity contribution in [1.82, 2.24) is 14.8 Å². The second-order valence-electron chi connectivity index (χ2n) is 2.32. The molecule has 0 spiro atoms. The normalized spacial score (nSPS) is 10.4. The summed E-state index contributed by atoms with van der Waals surface area (Å²) in [6.45, 7) is 4.10. The highest BCUT2D eigenvalue weighted by molar-refractivity contribution is 4.92. The molecule has 1 aromatic heterocycles. The molecule has 1 rings (SSSR count). The minimum absolute atomic E-state index is 0.352. The first-order valence-corrected chi connectivity index (χ1v) is 3.19. The van der Waals surface area contributed by atoms with E-state index in [0.717, 1.165) is 0 Å². The molecule has 0 amide bonds. The van der Waals surface area contributed by atoms with Crippen molar-refractivity contribution in [3.63, 3.8) is 0 Å². The van der Waals surface area contributed by atoms with Gasteiger partial charge in [0.2, 0.25) is 0 Å². The highest BCUT2D eigenvalue weighted by atomic mass is 16.5. The topological polar surface area (TPSA) is 39.9 Å². The number of ether oxygens (including phenoxy) is 1. The van der Waals surface area contributed by atoms with Crippen LogP contribution in [0.15, 0.2) is 6.33 Å². The van der Waals surface area contributed by atoms with Crippen molar-refractivity contribution in [3.8, 4) is 6.01 Å². The number of hydrogen-bond acceptors (Lipinski definition) is 3. The molecule has 0 saturated heterocycles. The van der Waals surface area contributed by atoms with Crippen LogP contribution in [0.25, 0.3) is 0 Å². The van der Waals surface area contributed by atoms with E-state index in [-0.39, 0.29) is 0 Å². The molecule has 4 nitrogen and oxygen atoms in total. The molecule has 0 bridgehead atoms. The van der Waals surface area contributed by atoms with Crippen LogP contribution in [0, 0.1) is 0 Å². The van der Waals surface area contributed by atoms with Crippen molar-refractivity contribution in [3.05, 3.63) is 6.33 Å². The van der Waals surface area contributed by atoms with Crippen molar-refractivity contribution < 1.29 is 4.74 Å². The van der Waals surface area contributed by atoms with Gasteiger partial charge in [-0.15, -0.1) is 5.10 Å². The fraction of sp³-hybridized carbons (Fsp3) is 0.667. The lowest BCUT2D eigenvalue weighted by Crippen LogP contribution is -2.01. The molecule has 0 aliphatic carbocycles. The molecule has 0 unspecified atom stereocenters. The smallest absolute Gasteiger partial charge is 0.316 e. The van der Waals surface area contributed by atoms with Gasteiger partial charge in [0, 0.05) is 6.04 Å². The standard InChI is InChI=1S/C6H11N3O/c1-5(2)9-4-7-8-6(9)10-3/h4-5H,1-3H3. The summed E-state index contributed by atoms with van der Waals surface area (Å²) >= 11 is 0. The molecule has 0 fully saturated rings. The minimum atomic E-state index is 0.352. The van der Waals surface area contributed by atoms with Gasteiger partial charge in [-0.3, -0.25) is 4.57 Å². The fourth-order valence-electron chi connectivity index (χ4n) is 0.732. The largest absolute Gasteiger partial charge is 0.467 e. The van der Waals surface area contributed by atoms with Crippen molar-refractivity contribution in [2.45, 2.75) is 19.9 Å². The summed E-state index contributed by atoms with van der Waals surface area (Å²) in [6, 6.07) is 0.917. The van der Waals surface area contributed by atoms with Gasteiger partial charge in [-0.25, -0.2) is 0 Å². The van der Waals surface area contributed by atoms with Crippen molar-refractivity contribution in [2.75, 3.05) is 7.11 Å². The van der Waals surface area contributed by atoms with Crippen LogP contribution in [-0.2, 0) is 0 Å². The van der Waals surface area contributed by atoms with E-state index in [0.29, 0.717) is 12.1 Å². The van der Waals surface area contributed by atoms with Gasteiger partial charge in [-0.2, -0.15) is 0 Å². The third-order valence-corrected chi connectivity index (χ3v) is 1.28. The van der Waals surface area contributed by atoms with Crippen LogP contribution in [0.2, 0.25) is 0 Å². The zero-order valence-corrected chi connectivity index (χ0v) is 6.40. The summed E-state index contributed by atoms with van der Waals surface area (Å²) in [5, 5.41) is 7.45. The van der Waals surface area contributed by atoms with Gasteiger partial charge < -0.3 is 4.74 Å². The van der Waals surface area contributed by atoms with Crippen molar-refractivity contribution in [2.24, 2.45) is 0 Å². The number of aromatic nitrogens is 3. The summed E-state index contributed by atoms with van der Waals surface area (Å²) in [4.78, 5) is 0. The Labute approximate surface area is 59.8 Å². The minimum Gasteiger partial charge on any atom is -0.467 e. The van der Waals surface area contributed by atoms with E-state index in [4.69, 9.17) is 4.74 Å². The van der Waals surface area contributed by atoms with Crippen molar-refractivity contribution in [1.29, 1.82) is 0 Å². The zero-order chi connectivity index (χ0) is 7.56. The Morgan fingerprint density at radius 3 is 2.70 bits per heavy atom. The van der Waals surface area contributed by atoms with Gasteiger partial charge in [0.15, 0.2) is 0 Å². The molecule has 0 N–H and O–H groups in total. The second kappa shape index (κ2) is 2.68. The van der Waals surface area contributed by atoms with Crippen LogP contribution in [0.5, 0.6) is 6.01 Å². The Morgan fingerprint density at radius 1 is 1.60 bits per heavy atom. The molecule has 0 aliphatic rings. The molecular formula is C6H11N3O. The Morgan fingerprint density at radius 2 is 2.30 bits per heavy atom. The van der Waals surface area contributed by atoms with Gasteiger partial charge in [0.25, 0.3) is 0 Å². The summed E-state index contributed by atoms with van der Waals surface area (Å²) in [6.07, 6.45) is 1.66. The number of rotatable bonds is 2. The van der Waals surface area contributed by atoms with Gasteiger partial charge >= 0.3 is 6.01 Å². The SMILES string of the molecule is COc1nncn1C(C)C. The van der Waals surface area contributed by atoms with Gasteiger partial charge in [-0.1, -0.05) is 5.10 Å². The number of nitrogens with zero attached hydrogens (tertiary/aromatic N) is 3. The third kappa shape index (κ3) is 1.10. The second-order valence-corrected chi connectivity index (χ2v) is 2.32. The Kier molecular flexibility index (Phi) is 1.89. The molecule has 56 valence electrons. The van der Waals surface area contributed by atoms with E-state index in [1.54, 1.807) is 13.4 Å². The fourth-order valence-corrected chi connectivity index (χ4v) is 0.732. The molecule has 1 aromatic rings. The van der Waals surface area contributed by atoms with Crippen LogP contribution in [0.1, 0.15) is 19.9 Å². The van der Waals surface area contributed by atoms with Gasteiger partial charge in [0.1, 0.15) is 6.33 Å². The lowest BCUT2D eigenvalue weighted by atomic mass is 10.4. The highest BCUT2D eigenvalue weighted by Crippen LogP contribution is 2.11. The maximum atomic E-state index is 4.94. The molecule has 0 aromatic carbocycles. The van der Waals surface area contributed by atoms with Gasteiger partial charge in [0.05, 0.1) is 7.11 Å². The third-order valence-electron chi connectivity index (χ3n) is 1.28. The molecule has 4 heteroatoms. The average Bonchev–Trinajstić information content (AvgIpc) is 2.33. The molecule has 0 saturated carbocycles. The average molecular weight is 141 g/mol. The summed E-state index contributed by atoms with van der Waals surface area (Å²) in [5.74, 6) is 0. The zero-order valence-electron chi connectivity index (χ0n) is 6.40. The first kappa shape index (κ1) is 7.05. The number of hydrogen-bond donors (Lipinski definition) is 0. The van der Waals surface area contributed by atoms with E-state index >= 15 is 0 Å². The van der Waals surface area contributed by atoms with Gasteiger partial charge in [-0.05, 0) is 13.8 Å². The van der Waals surface area contributed by atoms with E-state index in [2.05, 4.69) is 10.2 Å². The molecule has 0 atom stereocenters. The molecule has 10 heavy (non-hydrogen) atoms. The number of methoxy groups -OCH3 is 1. The predicted octanol–water partition coefficient (Wildman–Crippen LogP) is 0.868. The van der Waals surface area contributed by atoms with E-state index < -0.39 is 0 Å². The summed E-state index contributed by atoms with van der Waals surface area (Å²) in [7, 11) is 1.59. The lowest BCUT2D eigenvalue weighted by molar-refractivity contribution is 0.345. The molecule has 0 aliphatic heterocycles. The van der Waals surface area contributed by atoms with Crippen LogP contribution in [0.3, 0.4) is 0 Å². The maximum Gasteiger partial charge on any atom is 0.316 e. The van der Waals surface area contributed by atoms with Crippen molar-refractivity contribution >= 4 is 0 Å². The van der Waals surface area contributed by atoms with E-state index in [1.165, 1.54) is 0 Å². The first-order chi connectivity index (χ1) is 4.75. The lowest BCUT2D eigenvalue weighted by Gasteiger charge is -2.06. The molecule has 1 heterocycles. The molecule has 0 radical (unpaired) electrons. The molecular weight excluding hydrogens is 130 g/mol.